The van der Waals surface area contributed by atoms with Crippen LogP contribution in [-0.4, -0.2) is 11.1 Å². The number of aliphatic carboxylic acids is 1. The Labute approximate surface area is 105 Å². The van der Waals surface area contributed by atoms with E-state index in [1.54, 1.807) is 12.5 Å². The van der Waals surface area contributed by atoms with Crippen LogP contribution < -0.4 is 5.32 Å². The summed E-state index contributed by atoms with van der Waals surface area (Å²) in [5.41, 5.74) is 2.94. The van der Waals surface area contributed by atoms with Crippen LogP contribution in [-0.2, 0) is 24.3 Å². The Morgan fingerprint density at radius 3 is 2.61 bits per heavy atom. The Kier molecular flexibility index (Phi) is 4.15. The molecule has 4 heteroatoms. The van der Waals surface area contributed by atoms with E-state index in [2.05, 4.69) is 5.32 Å². The topological polar surface area (TPSA) is 62.5 Å². The first kappa shape index (κ1) is 12.4. The van der Waals surface area contributed by atoms with Crippen LogP contribution in [0.3, 0.4) is 0 Å². The van der Waals surface area contributed by atoms with Gasteiger partial charge in [0.25, 0.3) is 0 Å². The van der Waals surface area contributed by atoms with Gasteiger partial charge >= 0.3 is 5.97 Å². The Morgan fingerprint density at radius 1 is 1.17 bits per heavy atom. The third-order valence-electron chi connectivity index (χ3n) is 2.68. The Morgan fingerprint density at radius 2 is 1.94 bits per heavy atom. The summed E-state index contributed by atoms with van der Waals surface area (Å²) in [6, 6.07) is 9.47. The van der Waals surface area contributed by atoms with Gasteiger partial charge in [0.05, 0.1) is 18.9 Å². The van der Waals surface area contributed by atoms with Gasteiger partial charge in [-0.3, -0.25) is 4.79 Å². The molecule has 0 fully saturated rings. The van der Waals surface area contributed by atoms with E-state index < -0.39 is 5.97 Å². The van der Waals surface area contributed by atoms with Gasteiger partial charge in [-0.25, -0.2) is 0 Å². The van der Waals surface area contributed by atoms with Crippen LogP contribution in [0.4, 0.5) is 0 Å². The highest BCUT2D eigenvalue weighted by atomic mass is 16.4. The van der Waals surface area contributed by atoms with Crippen molar-refractivity contribution in [2.75, 3.05) is 0 Å². The molecule has 1 aromatic heterocycles. The van der Waals surface area contributed by atoms with Gasteiger partial charge in [-0.1, -0.05) is 24.3 Å². The number of benzene rings is 1. The van der Waals surface area contributed by atoms with Crippen molar-refractivity contribution in [1.29, 1.82) is 0 Å². The van der Waals surface area contributed by atoms with Gasteiger partial charge < -0.3 is 14.8 Å². The lowest BCUT2D eigenvalue weighted by Crippen LogP contribution is -2.14. The molecule has 0 radical (unpaired) electrons. The fourth-order valence-corrected chi connectivity index (χ4v) is 1.80. The average Bonchev–Trinajstić information content (AvgIpc) is 2.84. The molecule has 18 heavy (non-hydrogen) atoms. The lowest BCUT2D eigenvalue weighted by Gasteiger charge is -2.08. The molecule has 94 valence electrons. The molecule has 2 N–H and O–H groups in total. The van der Waals surface area contributed by atoms with E-state index in [1.165, 1.54) is 0 Å². The van der Waals surface area contributed by atoms with Crippen molar-refractivity contribution in [2.24, 2.45) is 0 Å². The predicted octanol–water partition coefficient (Wildman–Crippen LogP) is 2.20. The minimum absolute atomic E-state index is 0.0591. The number of carboxylic acids is 1. The van der Waals surface area contributed by atoms with Gasteiger partial charge in [0, 0.05) is 18.7 Å². The molecule has 0 aliphatic heterocycles. The van der Waals surface area contributed by atoms with Crippen LogP contribution in [0.15, 0.2) is 47.3 Å². The molecule has 0 saturated carbocycles. The molecule has 0 saturated heterocycles. The lowest BCUT2D eigenvalue weighted by molar-refractivity contribution is -0.136. The second kappa shape index (κ2) is 6.02. The normalized spacial score (nSPS) is 10.4. The fraction of sp³-hybridized carbons (Fsp3) is 0.214. The summed E-state index contributed by atoms with van der Waals surface area (Å²) >= 11 is 0. The smallest absolute Gasteiger partial charge is 0.307 e. The highest BCUT2D eigenvalue weighted by Gasteiger charge is 2.05. The van der Waals surface area contributed by atoms with E-state index in [-0.39, 0.29) is 6.42 Å². The second-order valence-electron chi connectivity index (χ2n) is 4.07. The number of hydrogen-bond donors (Lipinski definition) is 2. The molecular formula is C14H15NO3. The van der Waals surface area contributed by atoms with E-state index >= 15 is 0 Å². The van der Waals surface area contributed by atoms with Gasteiger partial charge in [0.1, 0.15) is 0 Å². The fourth-order valence-electron chi connectivity index (χ4n) is 1.80. The monoisotopic (exact) mass is 245 g/mol. The number of nitrogens with one attached hydrogen (secondary N) is 1. The molecule has 0 unspecified atom stereocenters. The molecule has 0 aliphatic rings. The molecule has 2 aromatic rings. The summed E-state index contributed by atoms with van der Waals surface area (Å²) in [6.45, 7) is 1.35. The first-order valence-electron chi connectivity index (χ1n) is 5.76. The van der Waals surface area contributed by atoms with Crippen molar-refractivity contribution >= 4 is 5.97 Å². The van der Waals surface area contributed by atoms with Crippen molar-refractivity contribution in [2.45, 2.75) is 19.5 Å². The maximum atomic E-state index is 10.7. The van der Waals surface area contributed by atoms with Crippen molar-refractivity contribution in [3.8, 4) is 0 Å². The van der Waals surface area contributed by atoms with Gasteiger partial charge in [-0.15, -0.1) is 0 Å². The zero-order chi connectivity index (χ0) is 12.8. The highest BCUT2D eigenvalue weighted by Crippen LogP contribution is 2.10. The molecule has 0 aliphatic carbocycles. The molecule has 2 rings (SSSR count). The third-order valence-corrected chi connectivity index (χ3v) is 2.68. The largest absolute Gasteiger partial charge is 0.481 e. The minimum Gasteiger partial charge on any atom is -0.481 e. The van der Waals surface area contributed by atoms with Crippen LogP contribution >= 0.6 is 0 Å². The summed E-state index contributed by atoms with van der Waals surface area (Å²) in [5, 5.41) is 12.1. The van der Waals surface area contributed by atoms with E-state index in [1.807, 2.05) is 30.3 Å². The Bertz CT molecular complexity index is 506. The van der Waals surface area contributed by atoms with Gasteiger partial charge in [-0.2, -0.15) is 0 Å². The SMILES string of the molecule is O=C(O)Cc1ccccc1CNCc1ccoc1. The molecule has 0 bridgehead atoms. The van der Waals surface area contributed by atoms with Crippen molar-refractivity contribution in [3.63, 3.8) is 0 Å². The van der Waals surface area contributed by atoms with E-state index in [4.69, 9.17) is 9.52 Å². The first-order chi connectivity index (χ1) is 8.75. The Balaban J connectivity index is 1.94. The standard InChI is InChI=1S/C14H15NO3/c16-14(17)7-12-3-1-2-4-13(12)9-15-8-11-5-6-18-10-11/h1-6,10,15H,7-9H2,(H,16,17). The molecule has 0 amide bonds. The molecular weight excluding hydrogens is 230 g/mol. The van der Waals surface area contributed by atoms with Crippen LogP contribution in [0.5, 0.6) is 0 Å². The molecule has 0 spiro atoms. The molecule has 1 heterocycles. The van der Waals surface area contributed by atoms with E-state index in [9.17, 15) is 4.79 Å². The van der Waals surface area contributed by atoms with Crippen LogP contribution in [0.2, 0.25) is 0 Å². The summed E-state index contributed by atoms with van der Waals surface area (Å²) in [6.07, 6.45) is 3.38. The number of hydrogen-bond acceptors (Lipinski definition) is 3. The average molecular weight is 245 g/mol. The summed E-state index contributed by atoms with van der Waals surface area (Å²) in [5.74, 6) is -0.808. The lowest BCUT2D eigenvalue weighted by atomic mass is 10.0. The summed E-state index contributed by atoms with van der Waals surface area (Å²) < 4.78 is 4.98. The van der Waals surface area contributed by atoms with Crippen molar-refractivity contribution < 1.29 is 14.3 Å². The Hall–Kier alpha value is -2.07. The molecule has 0 atom stereocenters. The molecule has 1 aromatic carbocycles. The second-order valence-corrected chi connectivity index (χ2v) is 4.07. The first-order valence-corrected chi connectivity index (χ1v) is 5.76. The quantitative estimate of drug-likeness (QED) is 0.819. The minimum atomic E-state index is -0.808. The van der Waals surface area contributed by atoms with Crippen LogP contribution in [0.1, 0.15) is 16.7 Å². The maximum absolute atomic E-state index is 10.7. The summed E-state index contributed by atoms with van der Waals surface area (Å²) in [7, 11) is 0. The number of rotatable bonds is 6. The van der Waals surface area contributed by atoms with E-state index in [0.29, 0.717) is 13.1 Å². The predicted molar refractivity (Wildman–Crippen MR) is 67.0 cm³/mol. The van der Waals surface area contributed by atoms with Gasteiger partial charge in [-0.05, 0) is 17.2 Å². The third kappa shape index (κ3) is 3.46. The van der Waals surface area contributed by atoms with Crippen LogP contribution in [0, 0.1) is 0 Å². The summed E-state index contributed by atoms with van der Waals surface area (Å²) in [4.78, 5) is 10.7. The zero-order valence-corrected chi connectivity index (χ0v) is 9.93. The number of carbonyl (C=O) groups is 1. The number of furan rings is 1. The van der Waals surface area contributed by atoms with Crippen molar-refractivity contribution in [1.82, 2.24) is 5.32 Å². The van der Waals surface area contributed by atoms with Crippen molar-refractivity contribution in [3.05, 3.63) is 59.5 Å². The number of carboxylic acid groups (broad SMARTS) is 1. The van der Waals surface area contributed by atoms with Gasteiger partial charge in [0.2, 0.25) is 0 Å². The van der Waals surface area contributed by atoms with E-state index in [0.717, 1.165) is 16.7 Å². The van der Waals surface area contributed by atoms with Crippen LogP contribution in [0.25, 0.3) is 0 Å². The maximum Gasteiger partial charge on any atom is 0.307 e. The zero-order valence-electron chi connectivity index (χ0n) is 9.93. The molecule has 4 nitrogen and oxygen atoms in total. The highest BCUT2D eigenvalue weighted by molar-refractivity contribution is 5.70. The van der Waals surface area contributed by atoms with Gasteiger partial charge in [0.15, 0.2) is 0 Å².